The summed E-state index contributed by atoms with van der Waals surface area (Å²) in [5, 5.41) is 0. The summed E-state index contributed by atoms with van der Waals surface area (Å²) in [5.41, 5.74) is 0.964. The number of allylic oxidation sites excluding steroid dienone is 6. The van der Waals surface area contributed by atoms with Crippen LogP contribution < -0.4 is 0 Å². The van der Waals surface area contributed by atoms with E-state index in [4.69, 9.17) is 0 Å². The lowest BCUT2D eigenvalue weighted by Gasteiger charge is -2.07. The van der Waals surface area contributed by atoms with Crippen molar-refractivity contribution in [1.82, 2.24) is 0 Å². The molecule has 1 heteroatoms. The summed E-state index contributed by atoms with van der Waals surface area (Å²) in [6.07, 6.45) is 9.76. The molecule has 0 saturated heterocycles. The molecule has 13 heavy (non-hydrogen) atoms. The molecule has 0 aliphatic rings. The van der Waals surface area contributed by atoms with Gasteiger partial charge in [0.05, 0.1) is 6.67 Å². The van der Waals surface area contributed by atoms with Gasteiger partial charge < -0.3 is 0 Å². The van der Waals surface area contributed by atoms with Gasteiger partial charge in [0.25, 0.3) is 0 Å². The average molecular weight is 180 g/mol. The summed E-state index contributed by atoms with van der Waals surface area (Å²) in [5.74, 6) is 0.221. The van der Waals surface area contributed by atoms with Gasteiger partial charge in [0, 0.05) is 0 Å². The van der Waals surface area contributed by atoms with Gasteiger partial charge in [-0.3, -0.25) is 4.39 Å². The molecule has 0 N–H and O–H groups in total. The molecule has 0 saturated carbocycles. The van der Waals surface area contributed by atoms with Gasteiger partial charge in [-0.15, -0.1) is 0 Å². The molecule has 1 atom stereocenters. The highest BCUT2D eigenvalue weighted by Crippen LogP contribution is 2.13. The molecule has 0 fully saturated rings. The number of halogens is 1. The molecule has 0 aromatic heterocycles. The third kappa shape index (κ3) is 6.09. The van der Waals surface area contributed by atoms with Crippen molar-refractivity contribution in [2.45, 2.75) is 13.3 Å². The highest BCUT2D eigenvalue weighted by molar-refractivity contribution is 5.22. The molecule has 0 amide bonds. The second-order valence-electron chi connectivity index (χ2n) is 2.93. The summed E-state index contributed by atoms with van der Waals surface area (Å²) < 4.78 is 12.0. The normalized spacial score (nSPS) is 13.7. The first kappa shape index (κ1) is 11.9. The minimum absolute atomic E-state index is 0.221. The van der Waals surface area contributed by atoms with E-state index in [1.165, 1.54) is 0 Å². The molecule has 0 radical (unpaired) electrons. The predicted molar refractivity (Wildman–Crippen MR) is 57.4 cm³/mol. The van der Waals surface area contributed by atoms with Crippen molar-refractivity contribution in [3.05, 3.63) is 49.1 Å². The van der Waals surface area contributed by atoms with Gasteiger partial charge in [-0.1, -0.05) is 56.0 Å². The Kier molecular flexibility index (Phi) is 6.89. The first-order chi connectivity index (χ1) is 6.22. The summed E-state index contributed by atoms with van der Waals surface area (Å²) in [6.45, 7) is 9.10. The Morgan fingerprint density at radius 2 is 2.08 bits per heavy atom. The van der Waals surface area contributed by atoms with E-state index < -0.39 is 0 Å². The first-order valence-corrected chi connectivity index (χ1v) is 4.43. The van der Waals surface area contributed by atoms with Gasteiger partial charge in [-0.05, 0) is 12.3 Å². The lowest BCUT2D eigenvalue weighted by Crippen LogP contribution is -1.96. The fourth-order valence-corrected chi connectivity index (χ4v) is 0.835. The molecule has 0 aromatic rings. The van der Waals surface area contributed by atoms with E-state index in [9.17, 15) is 4.39 Å². The Morgan fingerprint density at radius 1 is 1.38 bits per heavy atom. The second-order valence-corrected chi connectivity index (χ2v) is 2.93. The molecule has 1 unspecified atom stereocenters. The van der Waals surface area contributed by atoms with Crippen LogP contribution in [-0.4, -0.2) is 6.67 Å². The maximum Gasteiger partial charge on any atom is 0.0900 e. The maximum absolute atomic E-state index is 12.0. The Bertz CT molecular complexity index is 211. The Labute approximate surface area is 80.2 Å². The topological polar surface area (TPSA) is 0 Å². The number of alkyl halides is 1. The molecule has 0 spiro atoms. The van der Waals surface area contributed by atoms with Gasteiger partial charge in [0.1, 0.15) is 0 Å². The molecule has 0 aliphatic carbocycles. The molecule has 0 aromatic carbocycles. The molecule has 0 rings (SSSR count). The second kappa shape index (κ2) is 7.53. The third-order valence-corrected chi connectivity index (χ3v) is 1.84. The van der Waals surface area contributed by atoms with Crippen LogP contribution in [0.5, 0.6) is 0 Å². The van der Waals surface area contributed by atoms with Crippen LogP contribution in [0.3, 0.4) is 0 Å². The highest BCUT2D eigenvalue weighted by atomic mass is 19.1. The minimum atomic E-state index is -0.281. The monoisotopic (exact) mass is 180 g/mol. The third-order valence-electron chi connectivity index (χ3n) is 1.84. The van der Waals surface area contributed by atoms with E-state index in [0.717, 1.165) is 5.57 Å². The number of rotatable bonds is 6. The number of hydrogen-bond acceptors (Lipinski definition) is 0. The van der Waals surface area contributed by atoms with Crippen LogP contribution in [0, 0.1) is 5.92 Å². The van der Waals surface area contributed by atoms with E-state index in [1.54, 1.807) is 6.08 Å². The van der Waals surface area contributed by atoms with Crippen molar-refractivity contribution in [2.75, 3.05) is 6.67 Å². The van der Waals surface area contributed by atoms with E-state index in [1.807, 2.05) is 31.2 Å². The van der Waals surface area contributed by atoms with Crippen molar-refractivity contribution in [3.63, 3.8) is 0 Å². The van der Waals surface area contributed by atoms with E-state index in [-0.39, 0.29) is 12.6 Å². The van der Waals surface area contributed by atoms with Crippen LogP contribution >= 0.6 is 0 Å². The van der Waals surface area contributed by atoms with Gasteiger partial charge in [0.15, 0.2) is 0 Å². The average Bonchev–Trinajstić information content (AvgIpc) is 2.12. The molecule has 0 bridgehead atoms. The van der Waals surface area contributed by atoms with Crippen LogP contribution in [0.25, 0.3) is 0 Å². The summed E-state index contributed by atoms with van der Waals surface area (Å²) in [7, 11) is 0. The smallest absolute Gasteiger partial charge is 0.0900 e. The summed E-state index contributed by atoms with van der Waals surface area (Å²) in [6, 6.07) is 0. The Balaban J connectivity index is 3.91. The standard InChI is InChI=1S/C12H17F/c1-4-5-6-7-8-11(2)12(3)9-10-13/h4-8,12H,1-2,9-10H2,3H3/b6-5-,8-7-. The largest absolute Gasteiger partial charge is 0.251 e. The minimum Gasteiger partial charge on any atom is -0.251 e. The van der Waals surface area contributed by atoms with Gasteiger partial charge >= 0.3 is 0 Å². The fourth-order valence-electron chi connectivity index (χ4n) is 0.835. The quantitative estimate of drug-likeness (QED) is 0.545. The van der Waals surface area contributed by atoms with Gasteiger partial charge in [0.2, 0.25) is 0 Å². The molecule has 0 heterocycles. The zero-order chi connectivity index (χ0) is 10.1. The van der Waals surface area contributed by atoms with Crippen LogP contribution in [0.15, 0.2) is 49.1 Å². The predicted octanol–water partition coefficient (Wildman–Crippen LogP) is 3.84. The Hall–Kier alpha value is -1.11. The van der Waals surface area contributed by atoms with Crippen LogP contribution in [0.4, 0.5) is 4.39 Å². The zero-order valence-corrected chi connectivity index (χ0v) is 8.17. The lowest BCUT2D eigenvalue weighted by atomic mass is 9.99. The van der Waals surface area contributed by atoms with E-state index >= 15 is 0 Å². The van der Waals surface area contributed by atoms with Crippen molar-refractivity contribution in [3.8, 4) is 0 Å². The zero-order valence-electron chi connectivity index (χ0n) is 8.17. The molecular formula is C12H17F. The van der Waals surface area contributed by atoms with Gasteiger partial charge in [-0.2, -0.15) is 0 Å². The fraction of sp³-hybridized carbons (Fsp3) is 0.333. The molecule has 0 aliphatic heterocycles. The van der Waals surface area contributed by atoms with Crippen molar-refractivity contribution in [2.24, 2.45) is 5.92 Å². The van der Waals surface area contributed by atoms with Crippen molar-refractivity contribution < 1.29 is 4.39 Å². The first-order valence-electron chi connectivity index (χ1n) is 4.43. The highest BCUT2D eigenvalue weighted by Gasteiger charge is 2.01. The summed E-state index contributed by atoms with van der Waals surface area (Å²) >= 11 is 0. The lowest BCUT2D eigenvalue weighted by molar-refractivity contribution is 0.432. The van der Waals surface area contributed by atoms with Crippen LogP contribution in [0.2, 0.25) is 0 Å². The molecule has 0 nitrogen and oxygen atoms in total. The Morgan fingerprint density at radius 3 is 2.62 bits per heavy atom. The van der Waals surface area contributed by atoms with E-state index in [0.29, 0.717) is 6.42 Å². The SMILES string of the molecule is C=C/C=C\C=C/C(=C)C(C)CCF. The molecular weight excluding hydrogens is 163 g/mol. The van der Waals surface area contributed by atoms with Crippen molar-refractivity contribution >= 4 is 0 Å². The summed E-state index contributed by atoms with van der Waals surface area (Å²) in [4.78, 5) is 0. The number of hydrogen-bond donors (Lipinski definition) is 0. The van der Waals surface area contributed by atoms with Crippen LogP contribution in [0.1, 0.15) is 13.3 Å². The van der Waals surface area contributed by atoms with Crippen molar-refractivity contribution in [1.29, 1.82) is 0 Å². The van der Waals surface area contributed by atoms with Crippen LogP contribution in [-0.2, 0) is 0 Å². The van der Waals surface area contributed by atoms with Gasteiger partial charge in [-0.25, -0.2) is 0 Å². The molecule has 72 valence electrons. The van der Waals surface area contributed by atoms with E-state index in [2.05, 4.69) is 13.2 Å². The maximum atomic E-state index is 12.0.